The van der Waals surface area contributed by atoms with Crippen molar-refractivity contribution in [2.24, 2.45) is 0 Å². The van der Waals surface area contributed by atoms with Crippen LogP contribution in [0.2, 0.25) is 0 Å². The van der Waals surface area contributed by atoms with Gasteiger partial charge in [-0.05, 0) is 6.42 Å². The Morgan fingerprint density at radius 3 is 2.67 bits per heavy atom. The second kappa shape index (κ2) is 3.81. The monoisotopic (exact) mass is 227 g/mol. The summed E-state index contributed by atoms with van der Waals surface area (Å²) in [6.07, 6.45) is 3.41. The van der Waals surface area contributed by atoms with Crippen molar-refractivity contribution in [3.63, 3.8) is 0 Å². The molecule has 1 aromatic rings. The Kier molecular flexibility index (Phi) is 3.21. The van der Waals surface area contributed by atoms with Gasteiger partial charge in [-0.25, -0.2) is 9.67 Å². The fourth-order valence-corrected chi connectivity index (χ4v) is 1.15. The highest BCUT2D eigenvalue weighted by Crippen LogP contribution is 2.39. The fourth-order valence-electron chi connectivity index (χ4n) is 0.696. The van der Waals surface area contributed by atoms with Gasteiger partial charge in [0.2, 0.25) is 0 Å². The second-order valence-corrected chi connectivity index (χ2v) is 4.28. The van der Waals surface area contributed by atoms with Gasteiger partial charge < -0.3 is 0 Å². The third kappa shape index (κ3) is 2.03. The zero-order valence-electron chi connectivity index (χ0n) is 6.41. The summed E-state index contributed by atoms with van der Waals surface area (Å²) < 4.78 is 0.417. The standard InChI is InChI=1S/C6H8Cl3N3/c1-2-6(8,9)5(7)12-4-10-3-11-12/h3-5H,2H2,1H3. The van der Waals surface area contributed by atoms with E-state index < -0.39 is 9.83 Å². The van der Waals surface area contributed by atoms with Gasteiger partial charge in [-0.3, -0.25) is 0 Å². The normalized spacial score (nSPS) is 14.7. The van der Waals surface area contributed by atoms with Crippen molar-refractivity contribution in [2.45, 2.75) is 23.2 Å². The van der Waals surface area contributed by atoms with Crippen molar-refractivity contribution in [1.82, 2.24) is 14.8 Å². The van der Waals surface area contributed by atoms with Crippen molar-refractivity contribution in [1.29, 1.82) is 0 Å². The molecule has 6 heteroatoms. The van der Waals surface area contributed by atoms with Crippen molar-refractivity contribution >= 4 is 34.8 Å². The first-order chi connectivity index (χ1) is 5.58. The molecule has 0 aliphatic rings. The Balaban J connectivity index is 2.78. The molecule has 1 unspecified atom stereocenters. The highest BCUT2D eigenvalue weighted by molar-refractivity contribution is 6.51. The summed E-state index contributed by atoms with van der Waals surface area (Å²) >= 11 is 17.8. The number of halogens is 3. The van der Waals surface area contributed by atoms with E-state index in [9.17, 15) is 0 Å². The van der Waals surface area contributed by atoms with E-state index in [-0.39, 0.29) is 0 Å². The second-order valence-electron chi connectivity index (χ2n) is 2.33. The Hall–Kier alpha value is 0.01000. The van der Waals surface area contributed by atoms with Gasteiger partial charge in [0.25, 0.3) is 0 Å². The maximum absolute atomic E-state index is 5.94. The smallest absolute Gasteiger partial charge is 0.160 e. The first kappa shape index (κ1) is 10.1. The molecule has 0 saturated heterocycles. The zero-order valence-corrected chi connectivity index (χ0v) is 8.68. The lowest BCUT2D eigenvalue weighted by molar-refractivity contribution is 0.518. The molecule has 0 radical (unpaired) electrons. The van der Waals surface area contributed by atoms with Gasteiger partial charge in [0, 0.05) is 0 Å². The molecule has 0 saturated carbocycles. The molecule has 1 atom stereocenters. The first-order valence-corrected chi connectivity index (χ1v) is 4.63. The van der Waals surface area contributed by atoms with Crippen LogP contribution in [0.15, 0.2) is 12.7 Å². The van der Waals surface area contributed by atoms with E-state index in [1.807, 2.05) is 6.92 Å². The van der Waals surface area contributed by atoms with Gasteiger partial charge in [0.1, 0.15) is 12.7 Å². The Labute approximate surface area is 85.6 Å². The minimum atomic E-state index is -1.00. The predicted molar refractivity (Wildman–Crippen MR) is 49.6 cm³/mol. The van der Waals surface area contributed by atoms with Crippen LogP contribution in [-0.2, 0) is 0 Å². The SMILES string of the molecule is CCC(Cl)(Cl)C(Cl)n1cncn1. The maximum Gasteiger partial charge on any atom is 0.160 e. The summed E-state index contributed by atoms with van der Waals surface area (Å²) in [5.74, 6) is 0. The van der Waals surface area contributed by atoms with Crippen LogP contribution in [0.5, 0.6) is 0 Å². The lowest BCUT2D eigenvalue weighted by Crippen LogP contribution is -2.24. The maximum atomic E-state index is 5.94. The molecule has 0 amide bonds. The molecule has 1 aromatic heterocycles. The van der Waals surface area contributed by atoms with Crippen molar-refractivity contribution in [2.75, 3.05) is 0 Å². The average Bonchev–Trinajstić information content (AvgIpc) is 2.55. The van der Waals surface area contributed by atoms with Gasteiger partial charge in [-0.15, -0.1) is 0 Å². The van der Waals surface area contributed by atoms with Gasteiger partial charge >= 0.3 is 0 Å². The summed E-state index contributed by atoms with van der Waals surface area (Å²) in [5.41, 5.74) is -0.590. The first-order valence-electron chi connectivity index (χ1n) is 3.44. The van der Waals surface area contributed by atoms with E-state index in [1.165, 1.54) is 17.3 Å². The summed E-state index contributed by atoms with van der Waals surface area (Å²) in [7, 11) is 0. The number of nitrogens with zero attached hydrogens (tertiary/aromatic N) is 3. The van der Waals surface area contributed by atoms with Gasteiger partial charge in [-0.2, -0.15) is 5.10 Å². The molecule has 0 aromatic carbocycles. The number of hydrogen-bond donors (Lipinski definition) is 0. The van der Waals surface area contributed by atoms with Crippen LogP contribution in [0.3, 0.4) is 0 Å². The molecule has 3 nitrogen and oxygen atoms in total. The summed E-state index contributed by atoms with van der Waals surface area (Å²) in [4.78, 5) is 3.74. The number of rotatable bonds is 3. The van der Waals surface area contributed by atoms with E-state index in [0.29, 0.717) is 6.42 Å². The van der Waals surface area contributed by atoms with E-state index in [1.54, 1.807) is 0 Å². The summed E-state index contributed by atoms with van der Waals surface area (Å²) in [5, 5.41) is 3.84. The van der Waals surface area contributed by atoms with Crippen LogP contribution in [0, 0.1) is 0 Å². The number of alkyl halides is 3. The highest BCUT2D eigenvalue weighted by atomic mass is 35.5. The molecule has 68 valence electrons. The lowest BCUT2D eigenvalue weighted by atomic mass is 10.3. The molecule has 0 aliphatic carbocycles. The van der Waals surface area contributed by atoms with Gasteiger partial charge in [-0.1, -0.05) is 41.7 Å². The van der Waals surface area contributed by atoms with Crippen LogP contribution >= 0.6 is 34.8 Å². The van der Waals surface area contributed by atoms with Crippen LogP contribution in [0.25, 0.3) is 0 Å². The molecule has 0 bridgehead atoms. The molecule has 12 heavy (non-hydrogen) atoms. The fraction of sp³-hybridized carbons (Fsp3) is 0.667. The Bertz CT molecular complexity index is 234. The summed E-state index contributed by atoms with van der Waals surface area (Å²) in [6, 6.07) is 0. The van der Waals surface area contributed by atoms with Gasteiger partial charge in [0.15, 0.2) is 9.83 Å². The highest BCUT2D eigenvalue weighted by Gasteiger charge is 2.33. The molecule has 0 aliphatic heterocycles. The molecule has 1 heterocycles. The third-order valence-corrected chi connectivity index (χ3v) is 3.23. The van der Waals surface area contributed by atoms with Crippen LogP contribution in [0.1, 0.15) is 18.8 Å². The number of aromatic nitrogens is 3. The van der Waals surface area contributed by atoms with Crippen molar-refractivity contribution in [3.05, 3.63) is 12.7 Å². The topological polar surface area (TPSA) is 30.7 Å². The number of hydrogen-bond acceptors (Lipinski definition) is 2. The lowest BCUT2D eigenvalue weighted by Gasteiger charge is -2.22. The largest absolute Gasteiger partial charge is 0.232 e. The van der Waals surface area contributed by atoms with E-state index >= 15 is 0 Å². The van der Waals surface area contributed by atoms with Gasteiger partial charge in [0.05, 0.1) is 0 Å². The van der Waals surface area contributed by atoms with E-state index in [4.69, 9.17) is 34.8 Å². The van der Waals surface area contributed by atoms with Crippen LogP contribution in [-0.4, -0.2) is 19.1 Å². The molecule has 1 rings (SSSR count). The molecule has 0 spiro atoms. The Morgan fingerprint density at radius 1 is 1.58 bits per heavy atom. The Morgan fingerprint density at radius 2 is 2.25 bits per heavy atom. The minimum Gasteiger partial charge on any atom is -0.232 e. The zero-order chi connectivity index (χ0) is 9.19. The van der Waals surface area contributed by atoms with Crippen molar-refractivity contribution in [3.8, 4) is 0 Å². The van der Waals surface area contributed by atoms with Crippen molar-refractivity contribution < 1.29 is 0 Å². The average molecular weight is 229 g/mol. The molecular weight excluding hydrogens is 220 g/mol. The van der Waals surface area contributed by atoms with E-state index in [2.05, 4.69) is 10.1 Å². The van der Waals surface area contributed by atoms with Crippen LogP contribution in [0.4, 0.5) is 0 Å². The minimum absolute atomic E-state index is 0.546. The molecule has 0 fully saturated rings. The predicted octanol–water partition coefficient (Wildman–Crippen LogP) is 2.60. The van der Waals surface area contributed by atoms with E-state index in [0.717, 1.165) is 0 Å². The quantitative estimate of drug-likeness (QED) is 0.745. The molecule has 0 N–H and O–H groups in total. The van der Waals surface area contributed by atoms with Crippen LogP contribution < -0.4 is 0 Å². The summed E-state index contributed by atoms with van der Waals surface area (Å²) in [6.45, 7) is 1.85. The molecular formula is C6H8Cl3N3. The third-order valence-electron chi connectivity index (χ3n) is 1.49.